The van der Waals surface area contributed by atoms with Crippen molar-refractivity contribution in [3.63, 3.8) is 0 Å². The molecule has 0 saturated heterocycles. The number of amides is 1. The number of aromatic hydroxyl groups is 1. The molecule has 0 spiro atoms. The molecule has 1 amide bonds. The van der Waals surface area contributed by atoms with E-state index in [-0.39, 0.29) is 17.1 Å². The van der Waals surface area contributed by atoms with Gasteiger partial charge in [0, 0.05) is 5.69 Å². The van der Waals surface area contributed by atoms with Crippen LogP contribution in [0.25, 0.3) is 6.08 Å². The summed E-state index contributed by atoms with van der Waals surface area (Å²) in [5.74, 6) is -0.861. The van der Waals surface area contributed by atoms with Crippen LogP contribution < -0.4 is 10.1 Å². The van der Waals surface area contributed by atoms with Gasteiger partial charge in [-0.25, -0.2) is 4.79 Å². The van der Waals surface area contributed by atoms with E-state index in [2.05, 4.69) is 10.1 Å². The second kappa shape index (κ2) is 9.05. The largest absolute Gasteiger partial charge is 0.504 e. The second-order valence-electron chi connectivity index (χ2n) is 5.25. The number of carbonyl (C=O) groups is 2. The summed E-state index contributed by atoms with van der Waals surface area (Å²) in [5, 5.41) is 21.8. The highest BCUT2D eigenvalue weighted by molar-refractivity contribution is 14.1. The second-order valence-corrected chi connectivity index (χ2v) is 6.41. The van der Waals surface area contributed by atoms with Crippen LogP contribution in [0.2, 0.25) is 0 Å². The van der Waals surface area contributed by atoms with E-state index < -0.39 is 11.9 Å². The Kier molecular flexibility index (Phi) is 6.79. The number of hydrogen-bond donors (Lipinski definition) is 2. The Labute approximate surface area is 169 Å². The van der Waals surface area contributed by atoms with Crippen molar-refractivity contribution in [3.05, 3.63) is 56.7 Å². The van der Waals surface area contributed by atoms with E-state index in [9.17, 15) is 20.0 Å². The molecule has 0 fully saturated rings. The third kappa shape index (κ3) is 4.98. The number of ether oxygens (including phenoxy) is 2. The monoisotopic (exact) mass is 478 g/mol. The van der Waals surface area contributed by atoms with Gasteiger partial charge >= 0.3 is 5.97 Å². The Bertz CT molecular complexity index is 946. The zero-order valence-electron chi connectivity index (χ0n) is 14.4. The summed E-state index contributed by atoms with van der Waals surface area (Å²) >= 11 is 1.92. The van der Waals surface area contributed by atoms with Crippen LogP contribution in [-0.4, -0.2) is 31.2 Å². The van der Waals surface area contributed by atoms with Crippen molar-refractivity contribution in [2.45, 2.75) is 0 Å². The molecule has 0 heterocycles. The van der Waals surface area contributed by atoms with Crippen molar-refractivity contribution < 1.29 is 24.2 Å². The molecule has 0 aliphatic rings. The molecule has 0 aliphatic heterocycles. The smallest absolute Gasteiger partial charge is 0.337 e. The predicted molar refractivity (Wildman–Crippen MR) is 107 cm³/mol. The molecule has 0 unspecified atom stereocenters. The molecule has 0 saturated carbocycles. The van der Waals surface area contributed by atoms with Gasteiger partial charge in [0.15, 0.2) is 11.5 Å². The molecule has 0 radical (unpaired) electrons. The van der Waals surface area contributed by atoms with Crippen molar-refractivity contribution >= 4 is 46.2 Å². The van der Waals surface area contributed by atoms with Gasteiger partial charge in [-0.15, -0.1) is 0 Å². The SMILES string of the molecule is COC(=O)c1ccc(NC(=O)/C(C#N)=C/c2cc(I)c(O)c(OC)c2)cc1. The van der Waals surface area contributed by atoms with Crippen LogP contribution >= 0.6 is 22.6 Å². The molecular weight excluding hydrogens is 463 g/mol. The van der Waals surface area contributed by atoms with Crippen LogP contribution in [-0.2, 0) is 9.53 Å². The van der Waals surface area contributed by atoms with E-state index in [1.165, 1.54) is 50.6 Å². The molecule has 8 heteroatoms. The van der Waals surface area contributed by atoms with Crippen molar-refractivity contribution in [2.24, 2.45) is 0 Å². The van der Waals surface area contributed by atoms with Gasteiger partial charge in [-0.3, -0.25) is 4.79 Å². The minimum absolute atomic E-state index is 0.0103. The maximum absolute atomic E-state index is 12.4. The Balaban J connectivity index is 2.23. The molecule has 0 aliphatic carbocycles. The van der Waals surface area contributed by atoms with Gasteiger partial charge < -0.3 is 19.9 Å². The summed E-state index contributed by atoms with van der Waals surface area (Å²) in [7, 11) is 2.69. The van der Waals surface area contributed by atoms with Gasteiger partial charge in [0.2, 0.25) is 0 Å². The van der Waals surface area contributed by atoms with Gasteiger partial charge in [0.05, 0.1) is 23.4 Å². The molecule has 7 nitrogen and oxygen atoms in total. The number of nitrogens with one attached hydrogen (secondary N) is 1. The topological polar surface area (TPSA) is 109 Å². The summed E-state index contributed by atoms with van der Waals surface area (Å²) in [6.07, 6.45) is 1.39. The van der Waals surface area contributed by atoms with E-state index in [0.717, 1.165) is 0 Å². The highest BCUT2D eigenvalue weighted by Crippen LogP contribution is 2.33. The van der Waals surface area contributed by atoms with Crippen molar-refractivity contribution in [1.29, 1.82) is 5.26 Å². The maximum atomic E-state index is 12.4. The Morgan fingerprint density at radius 2 is 1.89 bits per heavy atom. The van der Waals surface area contributed by atoms with E-state index in [1.54, 1.807) is 6.07 Å². The average Bonchev–Trinajstić information content (AvgIpc) is 2.68. The lowest BCUT2D eigenvalue weighted by Crippen LogP contribution is -2.13. The fourth-order valence-electron chi connectivity index (χ4n) is 2.15. The first-order valence-electron chi connectivity index (χ1n) is 7.57. The summed E-state index contributed by atoms with van der Waals surface area (Å²) in [6, 6.07) is 11.1. The lowest BCUT2D eigenvalue weighted by molar-refractivity contribution is -0.112. The van der Waals surface area contributed by atoms with Crippen molar-refractivity contribution in [1.82, 2.24) is 0 Å². The first-order valence-corrected chi connectivity index (χ1v) is 8.65. The van der Waals surface area contributed by atoms with Crippen LogP contribution in [0.1, 0.15) is 15.9 Å². The molecule has 138 valence electrons. The van der Waals surface area contributed by atoms with Crippen LogP contribution in [0.3, 0.4) is 0 Å². The summed E-state index contributed by atoms with van der Waals surface area (Å²) in [5.41, 5.74) is 1.17. The van der Waals surface area contributed by atoms with Crippen LogP contribution in [0, 0.1) is 14.9 Å². The standard InChI is InChI=1S/C19H15IN2O5/c1-26-16-9-11(8-15(20)17(16)23)7-13(10-21)18(24)22-14-5-3-12(4-6-14)19(25)27-2/h3-9,23H,1-2H3,(H,22,24)/b13-7+. The number of carbonyl (C=O) groups excluding carboxylic acids is 2. The third-order valence-corrected chi connectivity index (χ3v) is 4.33. The van der Waals surface area contributed by atoms with E-state index >= 15 is 0 Å². The van der Waals surface area contributed by atoms with Crippen LogP contribution in [0.5, 0.6) is 11.5 Å². The molecule has 2 rings (SSSR count). The van der Waals surface area contributed by atoms with E-state index in [0.29, 0.717) is 20.4 Å². The number of methoxy groups -OCH3 is 2. The van der Waals surface area contributed by atoms with Gasteiger partial charge in [-0.2, -0.15) is 5.26 Å². The van der Waals surface area contributed by atoms with E-state index in [1.807, 2.05) is 28.7 Å². The maximum Gasteiger partial charge on any atom is 0.337 e. The van der Waals surface area contributed by atoms with Crippen LogP contribution in [0.15, 0.2) is 42.0 Å². The van der Waals surface area contributed by atoms with Crippen molar-refractivity contribution in [2.75, 3.05) is 19.5 Å². The number of anilines is 1. The first-order chi connectivity index (χ1) is 12.9. The molecule has 0 bridgehead atoms. The zero-order chi connectivity index (χ0) is 20.0. The first kappa shape index (κ1) is 20.3. The number of halogens is 1. The number of rotatable bonds is 5. The molecule has 2 N–H and O–H groups in total. The fourth-order valence-corrected chi connectivity index (χ4v) is 2.78. The lowest BCUT2D eigenvalue weighted by atomic mass is 10.1. The summed E-state index contributed by atoms with van der Waals surface area (Å²) in [4.78, 5) is 23.8. The minimum atomic E-state index is -0.606. The number of nitriles is 1. The third-order valence-electron chi connectivity index (χ3n) is 3.51. The zero-order valence-corrected chi connectivity index (χ0v) is 16.6. The van der Waals surface area contributed by atoms with Gasteiger partial charge in [-0.1, -0.05) is 0 Å². The number of nitrogens with zero attached hydrogens (tertiary/aromatic N) is 1. The molecule has 2 aromatic carbocycles. The molecule has 27 heavy (non-hydrogen) atoms. The number of benzene rings is 2. The highest BCUT2D eigenvalue weighted by Gasteiger charge is 2.13. The Morgan fingerprint density at radius 1 is 1.22 bits per heavy atom. The average molecular weight is 478 g/mol. The molecule has 0 atom stereocenters. The molecular formula is C19H15IN2O5. The number of phenolic OH excluding ortho intramolecular Hbond substituents is 1. The van der Waals surface area contributed by atoms with Gasteiger partial charge in [-0.05, 0) is 70.6 Å². The highest BCUT2D eigenvalue weighted by atomic mass is 127. The molecule has 2 aromatic rings. The van der Waals surface area contributed by atoms with Crippen LogP contribution in [0.4, 0.5) is 5.69 Å². The van der Waals surface area contributed by atoms with Gasteiger partial charge in [0.25, 0.3) is 5.91 Å². The normalized spacial score (nSPS) is 10.7. The Hall–Kier alpha value is -3.06. The van der Waals surface area contributed by atoms with Crippen molar-refractivity contribution in [3.8, 4) is 17.6 Å². The fraction of sp³-hybridized carbons (Fsp3) is 0.105. The number of esters is 1. The van der Waals surface area contributed by atoms with E-state index in [4.69, 9.17) is 4.74 Å². The quantitative estimate of drug-likeness (QED) is 0.296. The minimum Gasteiger partial charge on any atom is -0.504 e. The predicted octanol–water partition coefficient (Wildman–Crippen LogP) is 3.34. The van der Waals surface area contributed by atoms with Gasteiger partial charge in [0.1, 0.15) is 11.6 Å². The lowest BCUT2D eigenvalue weighted by Gasteiger charge is -2.08. The summed E-state index contributed by atoms with van der Waals surface area (Å²) in [6.45, 7) is 0. The Morgan fingerprint density at radius 3 is 2.44 bits per heavy atom. The number of hydrogen-bond acceptors (Lipinski definition) is 6. The molecule has 0 aromatic heterocycles. The number of phenols is 1. The summed E-state index contributed by atoms with van der Waals surface area (Å²) < 4.78 is 10.2.